The molecule has 152 valence electrons. The third kappa shape index (κ3) is 8.68. The monoisotopic (exact) mass is 406 g/mol. The molecule has 0 bridgehead atoms. The van der Waals surface area contributed by atoms with Crippen molar-refractivity contribution in [3.05, 3.63) is 102 Å². The first-order valence-electron chi connectivity index (χ1n) is 10.2. The number of carbonyl (C=O) groups excluding carboxylic acids is 1. The summed E-state index contributed by atoms with van der Waals surface area (Å²) in [6.45, 7) is 2.25. The fourth-order valence-electron chi connectivity index (χ4n) is 2.78. The van der Waals surface area contributed by atoms with Crippen LogP contribution in [0.4, 0.5) is 0 Å². The molecule has 3 rings (SSSR count). The van der Waals surface area contributed by atoms with Gasteiger partial charge >= 0.3 is 0 Å². The van der Waals surface area contributed by atoms with E-state index >= 15 is 0 Å². The van der Waals surface area contributed by atoms with Crippen molar-refractivity contribution in [3.63, 3.8) is 0 Å². The predicted octanol–water partition coefficient (Wildman–Crippen LogP) is 6.96. The summed E-state index contributed by atoms with van der Waals surface area (Å²) in [5.74, 6) is 0.996. The van der Waals surface area contributed by atoms with Crippen LogP contribution in [0.5, 0.6) is 0 Å². The fraction of sp³-hybridized carbons (Fsp3) is 0.269. The van der Waals surface area contributed by atoms with Crippen LogP contribution in [-0.4, -0.2) is 16.6 Å². The van der Waals surface area contributed by atoms with Crippen molar-refractivity contribution in [2.24, 2.45) is 0 Å². The molecule has 0 saturated carbocycles. The lowest BCUT2D eigenvalue weighted by atomic mass is 10.0. The molecule has 3 heteroatoms. The number of thioether (sulfide) groups is 1. The third-order valence-corrected chi connectivity index (χ3v) is 5.53. The van der Waals surface area contributed by atoms with Gasteiger partial charge in [-0.3, -0.25) is 4.79 Å². The molecule has 1 N–H and O–H groups in total. The second-order valence-corrected chi connectivity index (χ2v) is 7.93. The number of aliphatic hydroxyl groups excluding tert-OH is 1. The minimum Gasteiger partial charge on any atom is -0.380 e. The van der Waals surface area contributed by atoms with E-state index in [2.05, 4.69) is 37.3 Å². The van der Waals surface area contributed by atoms with Crippen LogP contribution in [-0.2, 0) is 0 Å². The van der Waals surface area contributed by atoms with Crippen LogP contribution in [0.15, 0.2) is 95.9 Å². The second kappa shape index (κ2) is 13.8. The van der Waals surface area contributed by atoms with E-state index in [1.165, 1.54) is 36.3 Å². The number of carbonyl (C=O) groups is 1. The van der Waals surface area contributed by atoms with Crippen LogP contribution in [0.25, 0.3) is 0 Å². The number of ketones is 1. The largest absolute Gasteiger partial charge is 0.380 e. The highest BCUT2D eigenvalue weighted by Gasteiger charge is 2.18. The maximum Gasteiger partial charge on any atom is 0.195 e. The van der Waals surface area contributed by atoms with Gasteiger partial charge in [0.1, 0.15) is 6.10 Å². The molecule has 0 aromatic heterocycles. The minimum atomic E-state index is -1.08. The SMILES string of the molecule is CCCCCCSc1ccccc1.O=C(c1ccccc1)C(O)c1ccccc1. The molecule has 0 aliphatic carbocycles. The van der Waals surface area contributed by atoms with Crippen LogP contribution in [0.1, 0.15) is 54.6 Å². The molecule has 2 nitrogen and oxygen atoms in total. The maximum absolute atomic E-state index is 11.9. The fourth-order valence-corrected chi connectivity index (χ4v) is 3.72. The second-order valence-electron chi connectivity index (χ2n) is 6.77. The first-order chi connectivity index (χ1) is 14.2. The lowest BCUT2D eigenvalue weighted by Gasteiger charge is -2.09. The lowest BCUT2D eigenvalue weighted by molar-refractivity contribution is 0.0747. The highest BCUT2D eigenvalue weighted by Crippen LogP contribution is 2.19. The molecular formula is C26H30O2S. The maximum atomic E-state index is 11.9. The minimum absolute atomic E-state index is 0.271. The predicted molar refractivity (Wildman–Crippen MR) is 123 cm³/mol. The summed E-state index contributed by atoms with van der Waals surface area (Å²) in [5, 5.41) is 9.89. The van der Waals surface area contributed by atoms with Gasteiger partial charge in [-0.25, -0.2) is 0 Å². The van der Waals surface area contributed by atoms with Gasteiger partial charge in [-0.05, 0) is 29.9 Å². The molecule has 0 aliphatic heterocycles. The third-order valence-electron chi connectivity index (χ3n) is 4.43. The van der Waals surface area contributed by atoms with Crippen molar-refractivity contribution < 1.29 is 9.90 Å². The van der Waals surface area contributed by atoms with Crippen LogP contribution in [0.2, 0.25) is 0 Å². The van der Waals surface area contributed by atoms with E-state index in [0.29, 0.717) is 11.1 Å². The van der Waals surface area contributed by atoms with Crippen molar-refractivity contribution in [2.75, 3.05) is 5.75 Å². The molecule has 1 unspecified atom stereocenters. The summed E-state index contributed by atoms with van der Waals surface area (Å²) in [4.78, 5) is 13.3. The molecule has 3 aromatic carbocycles. The van der Waals surface area contributed by atoms with Gasteiger partial charge in [-0.2, -0.15) is 0 Å². The molecule has 0 amide bonds. The quantitative estimate of drug-likeness (QED) is 0.237. The Bertz CT molecular complexity index is 804. The molecule has 0 heterocycles. The van der Waals surface area contributed by atoms with Gasteiger partial charge in [0.15, 0.2) is 5.78 Å². The molecule has 0 aliphatic rings. The van der Waals surface area contributed by atoms with Crippen molar-refractivity contribution in [1.29, 1.82) is 0 Å². The Labute approximate surface area is 179 Å². The van der Waals surface area contributed by atoms with Crippen molar-refractivity contribution in [1.82, 2.24) is 0 Å². The topological polar surface area (TPSA) is 37.3 Å². The van der Waals surface area contributed by atoms with Crippen LogP contribution in [0.3, 0.4) is 0 Å². The van der Waals surface area contributed by atoms with E-state index in [4.69, 9.17) is 0 Å². The first kappa shape index (κ1) is 22.9. The van der Waals surface area contributed by atoms with E-state index < -0.39 is 6.10 Å². The highest BCUT2D eigenvalue weighted by atomic mass is 32.2. The molecule has 3 aromatic rings. The Kier molecular flexibility index (Phi) is 10.9. The van der Waals surface area contributed by atoms with Crippen LogP contribution < -0.4 is 0 Å². The summed E-state index contributed by atoms with van der Waals surface area (Å²) in [7, 11) is 0. The van der Waals surface area contributed by atoms with E-state index in [0.717, 1.165) is 0 Å². The standard InChI is InChI=1S/C14H12O2.C12H18S/c15-13(11-7-3-1-4-8-11)14(16)12-9-5-2-6-10-12;1-2-3-4-8-11-13-12-9-6-5-7-10-12/h1-10,13,15H;5-7,9-10H,2-4,8,11H2,1H3. The highest BCUT2D eigenvalue weighted by molar-refractivity contribution is 7.99. The van der Waals surface area contributed by atoms with Gasteiger partial charge in [-0.15, -0.1) is 11.8 Å². The number of Topliss-reactive ketones (excluding diaryl/α,β-unsaturated/α-hetero) is 1. The Morgan fingerprint density at radius 1 is 0.793 bits per heavy atom. The van der Waals surface area contributed by atoms with Gasteiger partial charge in [0.2, 0.25) is 0 Å². The molecular weight excluding hydrogens is 376 g/mol. The van der Waals surface area contributed by atoms with Gasteiger partial charge in [0.05, 0.1) is 0 Å². The Hall–Kier alpha value is -2.36. The smallest absolute Gasteiger partial charge is 0.195 e. The van der Waals surface area contributed by atoms with Crippen LogP contribution in [0, 0.1) is 0 Å². The summed E-state index contributed by atoms with van der Waals surface area (Å²) >= 11 is 1.97. The number of benzene rings is 3. The summed E-state index contributed by atoms with van der Waals surface area (Å²) in [6, 6.07) is 28.4. The van der Waals surface area contributed by atoms with E-state index in [1.807, 2.05) is 23.9 Å². The molecule has 0 spiro atoms. The average molecular weight is 407 g/mol. The molecule has 0 saturated heterocycles. The number of unbranched alkanes of at least 4 members (excludes halogenated alkanes) is 3. The normalized spacial score (nSPS) is 11.2. The van der Waals surface area contributed by atoms with Gasteiger partial charge in [0.25, 0.3) is 0 Å². The number of hydrogen-bond acceptors (Lipinski definition) is 3. The molecule has 29 heavy (non-hydrogen) atoms. The Morgan fingerprint density at radius 2 is 1.34 bits per heavy atom. The molecule has 1 atom stereocenters. The lowest BCUT2D eigenvalue weighted by Crippen LogP contribution is -2.11. The number of rotatable bonds is 9. The number of hydrogen-bond donors (Lipinski definition) is 1. The first-order valence-corrected chi connectivity index (χ1v) is 11.2. The van der Waals surface area contributed by atoms with E-state index in [1.54, 1.807) is 48.5 Å². The number of aliphatic hydroxyl groups is 1. The molecule has 0 fully saturated rings. The van der Waals surface area contributed by atoms with Crippen molar-refractivity contribution >= 4 is 17.5 Å². The van der Waals surface area contributed by atoms with E-state index in [9.17, 15) is 9.90 Å². The Balaban J connectivity index is 0.000000212. The zero-order valence-electron chi connectivity index (χ0n) is 17.0. The van der Waals surface area contributed by atoms with Gasteiger partial charge in [0, 0.05) is 10.5 Å². The summed E-state index contributed by atoms with van der Waals surface area (Å²) in [6.07, 6.45) is 4.37. The Morgan fingerprint density at radius 3 is 1.93 bits per heavy atom. The average Bonchev–Trinajstić information content (AvgIpc) is 2.80. The van der Waals surface area contributed by atoms with Crippen molar-refractivity contribution in [3.8, 4) is 0 Å². The zero-order chi connectivity index (χ0) is 20.7. The van der Waals surface area contributed by atoms with E-state index in [-0.39, 0.29) is 5.78 Å². The van der Waals surface area contributed by atoms with Gasteiger partial charge < -0.3 is 5.11 Å². The zero-order valence-corrected chi connectivity index (χ0v) is 17.9. The summed E-state index contributed by atoms with van der Waals surface area (Å²) < 4.78 is 0. The van der Waals surface area contributed by atoms with Gasteiger partial charge in [-0.1, -0.05) is 105 Å². The van der Waals surface area contributed by atoms with Crippen LogP contribution >= 0.6 is 11.8 Å². The summed E-state index contributed by atoms with van der Waals surface area (Å²) in [5.41, 5.74) is 1.15. The molecule has 0 radical (unpaired) electrons. The van der Waals surface area contributed by atoms with Crippen molar-refractivity contribution in [2.45, 2.75) is 43.6 Å².